The van der Waals surface area contributed by atoms with Gasteiger partial charge < -0.3 is 23.4 Å². The van der Waals surface area contributed by atoms with Gasteiger partial charge in [-0.05, 0) is 47.8 Å². The summed E-state index contributed by atoms with van der Waals surface area (Å²) in [5, 5.41) is 0. The van der Waals surface area contributed by atoms with Gasteiger partial charge in [0.2, 0.25) is 0 Å². The maximum absolute atomic E-state index is 13.6. The summed E-state index contributed by atoms with van der Waals surface area (Å²) in [6.45, 7) is 1.55. The molecule has 0 fully saturated rings. The fraction of sp³-hybridized carbons (Fsp3) is 0.270. The Morgan fingerprint density at radius 3 is 1.98 bits per heavy atom. The first-order chi connectivity index (χ1) is 21.7. The summed E-state index contributed by atoms with van der Waals surface area (Å²) in [6.07, 6.45) is -0.00533. The van der Waals surface area contributed by atoms with E-state index in [0.29, 0.717) is 23.5 Å². The van der Waals surface area contributed by atoms with Crippen LogP contribution in [0.2, 0.25) is 0 Å². The highest BCUT2D eigenvalue weighted by Crippen LogP contribution is 2.53. The number of halogens is 1. The van der Waals surface area contributed by atoms with Crippen LogP contribution in [0.25, 0.3) is 22.5 Å². The molecule has 0 saturated carbocycles. The topological polar surface area (TPSA) is 92.0 Å². The molecule has 1 aromatic heterocycles. The lowest BCUT2D eigenvalue weighted by Gasteiger charge is -2.34. The molecule has 1 heterocycles. The van der Waals surface area contributed by atoms with Crippen LogP contribution >= 0.6 is 15.9 Å². The Kier molecular flexibility index (Phi) is 9.85. The molecule has 0 bridgehead atoms. The van der Waals surface area contributed by atoms with E-state index in [9.17, 15) is 14.4 Å². The highest BCUT2D eigenvalue weighted by Gasteiger charge is 2.54. The third-order valence-electron chi connectivity index (χ3n) is 8.33. The quantitative estimate of drug-likeness (QED) is 0.125. The molecule has 45 heavy (non-hydrogen) atoms. The molecule has 0 aliphatic heterocycles. The van der Waals surface area contributed by atoms with Gasteiger partial charge in [-0.15, -0.1) is 0 Å². The molecule has 0 saturated heterocycles. The van der Waals surface area contributed by atoms with Crippen LogP contribution < -0.4 is 0 Å². The molecule has 0 amide bonds. The smallest absolute Gasteiger partial charge is 0.324 e. The van der Waals surface area contributed by atoms with Gasteiger partial charge in [-0.1, -0.05) is 88.7 Å². The lowest BCUT2D eigenvalue weighted by molar-refractivity contribution is -0.169. The highest BCUT2D eigenvalue weighted by atomic mass is 79.9. The van der Waals surface area contributed by atoms with Crippen LogP contribution in [-0.2, 0) is 35.0 Å². The summed E-state index contributed by atoms with van der Waals surface area (Å²) < 4.78 is 24.3. The zero-order valence-corrected chi connectivity index (χ0v) is 27.3. The van der Waals surface area contributed by atoms with Gasteiger partial charge in [0.25, 0.3) is 0 Å². The number of carbonyl (C=O) groups excluding carboxylic acids is 3. The maximum atomic E-state index is 13.6. The number of ether oxygens (including phenoxy) is 3. The number of hydrogen-bond acceptors (Lipinski definition) is 7. The monoisotopic (exact) mass is 670 g/mol. The minimum absolute atomic E-state index is 0.0184. The van der Waals surface area contributed by atoms with Gasteiger partial charge in [-0.3, -0.25) is 9.59 Å². The van der Waals surface area contributed by atoms with E-state index in [2.05, 4.69) is 15.9 Å². The van der Waals surface area contributed by atoms with Crippen molar-refractivity contribution in [1.82, 2.24) is 0 Å². The molecule has 1 aliphatic carbocycles. The van der Waals surface area contributed by atoms with Crippen LogP contribution in [0, 0.1) is 5.41 Å². The molecular formula is C37H35BrO7. The largest absolute Gasteiger partial charge is 0.468 e. The normalized spacial score (nSPS) is 15.5. The summed E-state index contributed by atoms with van der Waals surface area (Å²) in [6, 6.07) is 27.3. The Morgan fingerprint density at radius 2 is 1.42 bits per heavy atom. The van der Waals surface area contributed by atoms with E-state index < -0.39 is 23.5 Å². The van der Waals surface area contributed by atoms with E-state index in [0.717, 1.165) is 37.9 Å². The van der Waals surface area contributed by atoms with E-state index in [1.165, 1.54) is 14.2 Å². The van der Waals surface area contributed by atoms with Crippen molar-refractivity contribution in [3.05, 3.63) is 117 Å². The SMILES string of the molecule is COC(=O)C1(C(=O)OC)C/C(=C(/CCC(C)=O)c2ccc(Br)cc2)c2c(oc(-c3ccccc3)c2[C@H](OC)c2ccccc2)C1. The van der Waals surface area contributed by atoms with Gasteiger partial charge in [0, 0.05) is 47.5 Å². The number of carbonyl (C=O) groups is 3. The Hall–Kier alpha value is -4.27. The van der Waals surface area contributed by atoms with Crippen LogP contribution in [0.3, 0.4) is 0 Å². The number of Topliss-reactive ketones (excluding diaryl/α,β-unsaturated/α-hetero) is 1. The number of fused-ring (bicyclic) bond motifs is 1. The average Bonchev–Trinajstić information content (AvgIpc) is 3.44. The van der Waals surface area contributed by atoms with Crippen LogP contribution in [0.15, 0.2) is 93.8 Å². The molecule has 1 atom stereocenters. The number of furan rings is 1. The first-order valence-electron chi connectivity index (χ1n) is 14.7. The second kappa shape index (κ2) is 13.8. The van der Waals surface area contributed by atoms with E-state index in [4.69, 9.17) is 18.6 Å². The minimum atomic E-state index is -1.71. The molecule has 5 rings (SSSR count). The number of benzene rings is 3. The molecule has 1 aliphatic rings. The van der Waals surface area contributed by atoms with Gasteiger partial charge in [-0.25, -0.2) is 0 Å². The predicted molar refractivity (Wildman–Crippen MR) is 175 cm³/mol. The van der Waals surface area contributed by atoms with E-state index in [-0.39, 0.29) is 25.0 Å². The van der Waals surface area contributed by atoms with E-state index >= 15 is 0 Å². The summed E-state index contributed by atoms with van der Waals surface area (Å²) in [4.78, 5) is 39.6. The van der Waals surface area contributed by atoms with E-state index in [1.54, 1.807) is 14.0 Å². The van der Waals surface area contributed by atoms with Crippen LogP contribution in [0.5, 0.6) is 0 Å². The average molecular weight is 672 g/mol. The van der Waals surface area contributed by atoms with Crippen LogP contribution in [0.4, 0.5) is 0 Å². The maximum Gasteiger partial charge on any atom is 0.324 e. The number of ketones is 1. The summed E-state index contributed by atoms with van der Waals surface area (Å²) in [7, 11) is 4.17. The highest BCUT2D eigenvalue weighted by molar-refractivity contribution is 9.10. The molecule has 0 radical (unpaired) electrons. The van der Waals surface area contributed by atoms with E-state index in [1.807, 2.05) is 84.9 Å². The van der Waals surface area contributed by atoms with Crippen molar-refractivity contribution >= 4 is 44.8 Å². The Bertz CT molecular complexity index is 1700. The molecule has 8 heteroatoms. The fourth-order valence-electron chi connectivity index (χ4n) is 6.22. The van der Waals surface area contributed by atoms with Gasteiger partial charge >= 0.3 is 11.9 Å². The van der Waals surface area contributed by atoms with Crippen LogP contribution in [0.1, 0.15) is 60.3 Å². The fourth-order valence-corrected chi connectivity index (χ4v) is 6.48. The second-order valence-electron chi connectivity index (χ2n) is 11.1. The van der Waals surface area contributed by atoms with Crippen LogP contribution in [-0.4, -0.2) is 39.1 Å². The first kappa shape index (κ1) is 32.1. The van der Waals surface area contributed by atoms with Gasteiger partial charge in [0.15, 0.2) is 5.41 Å². The number of hydrogen-bond donors (Lipinski definition) is 0. The van der Waals surface area contributed by atoms with Gasteiger partial charge in [-0.2, -0.15) is 0 Å². The zero-order chi connectivity index (χ0) is 32.1. The van der Waals surface area contributed by atoms with Crippen molar-refractivity contribution in [1.29, 1.82) is 0 Å². The Labute approximate surface area is 271 Å². The Balaban J connectivity index is 1.93. The summed E-state index contributed by atoms with van der Waals surface area (Å²) in [5.74, 6) is -0.406. The van der Waals surface area contributed by atoms with Crippen molar-refractivity contribution in [2.75, 3.05) is 21.3 Å². The zero-order valence-electron chi connectivity index (χ0n) is 25.7. The molecule has 0 unspecified atom stereocenters. The molecule has 4 aromatic rings. The van der Waals surface area contributed by atoms with Gasteiger partial charge in [0.1, 0.15) is 23.4 Å². The molecule has 7 nitrogen and oxygen atoms in total. The standard InChI is InChI=1S/C37H35BrO7/c1-23(39)15-20-28(24-16-18-27(38)19-17-24)29-21-37(35(40)43-3,36(41)44-4)22-30-31(29)32(33(42-2)25-11-7-5-8-12-25)34(45-30)26-13-9-6-10-14-26/h5-14,16-19,33H,15,20-22H2,1-4H3/b29-28+/t33-/m1/s1. The number of rotatable bonds is 10. The third kappa shape index (κ3) is 6.30. The number of esters is 2. The molecule has 0 N–H and O–H groups in total. The second-order valence-corrected chi connectivity index (χ2v) is 12.0. The molecule has 3 aromatic carbocycles. The number of methoxy groups -OCH3 is 3. The predicted octanol–water partition coefficient (Wildman–Crippen LogP) is 8.00. The Morgan fingerprint density at radius 1 is 0.822 bits per heavy atom. The van der Waals surface area contributed by atoms with Gasteiger partial charge in [0.05, 0.1) is 14.2 Å². The van der Waals surface area contributed by atoms with Crippen molar-refractivity contribution < 1.29 is 33.0 Å². The van der Waals surface area contributed by atoms with Crippen molar-refractivity contribution in [3.8, 4) is 11.3 Å². The lowest BCUT2D eigenvalue weighted by Crippen LogP contribution is -2.45. The first-order valence-corrected chi connectivity index (χ1v) is 15.5. The minimum Gasteiger partial charge on any atom is -0.468 e. The van der Waals surface area contributed by atoms with Crippen molar-refractivity contribution in [3.63, 3.8) is 0 Å². The molecule has 232 valence electrons. The third-order valence-corrected chi connectivity index (χ3v) is 8.86. The molecule has 0 spiro atoms. The van der Waals surface area contributed by atoms with Crippen molar-refractivity contribution in [2.24, 2.45) is 5.41 Å². The molecular weight excluding hydrogens is 636 g/mol. The lowest BCUT2D eigenvalue weighted by atomic mass is 9.68. The number of allylic oxidation sites excluding steroid dienone is 2. The summed E-state index contributed by atoms with van der Waals surface area (Å²) >= 11 is 3.52. The summed E-state index contributed by atoms with van der Waals surface area (Å²) in [5.41, 5.74) is 3.93. The van der Waals surface area contributed by atoms with Crippen molar-refractivity contribution in [2.45, 2.75) is 38.7 Å².